The van der Waals surface area contributed by atoms with Gasteiger partial charge in [-0.1, -0.05) is 12.1 Å². The van der Waals surface area contributed by atoms with Crippen molar-refractivity contribution in [3.63, 3.8) is 0 Å². The quantitative estimate of drug-likeness (QED) is 0.746. The van der Waals surface area contributed by atoms with Gasteiger partial charge < -0.3 is 4.90 Å². The Morgan fingerprint density at radius 3 is 2.14 bits per heavy atom. The van der Waals surface area contributed by atoms with Gasteiger partial charge in [0, 0.05) is 44.7 Å². The van der Waals surface area contributed by atoms with E-state index in [1.165, 1.54) is 25.2 Å². The molecule has 22 heavy (non-hydrogen) atoms. The summed E-state index contributed by atoms with van der Waals surface area (Å²) in [7, 11) is 3.66. The van der Waals surface area contributed by atoms with Gasteiger partial charge in [0.05, 0.1) is 10.6 Å². The third kappa shape index (κ3) is 2.10. The second-order valence-corrected chi connectivity index (χ2v) is 9.76. The van der Waals surface area contributed by atoms with Crippen molar-refractivity contribution in [1.82, 2.24) is 0 Å². The Hall–Kier alpha value is -1.35. The Bertz CT molecular complexity index is 1060. The van der Waals surface area contributed by atoms with Gasteiger partial charge in [0.2, 0.25) is 0 Å². The first-order chi connectivity index (χ1) is 10.0. The van der Waals surface area contributed by atoms with Gasteiger partial charge in [-0.25, -0.2) is 16.8 Å². The molecule has 1 aliphatic rings. The molecule has 0 atom stereocenters. The van der Waals surface area contributed by atoms with E-state index in [2.05, 4.69) is 0 Å². The van der Waals surface area contributed by atoms with E-state index >= 15 is 0 Å². The molecule has 1 heterocycles. The third-order valence-electron chi connectivity index (χ3n) is 3.46. The molecule has 0 spiro atoms. The molecular weight excluding hydrogens is 373 g/mol. The van der Waals surface area contributed by atoms with E-state index in [0.717, 1.165) is 11.0 Å². The minimum absolute atomic E-state index is 0.0506. The summed E-state index contributed by atoms with van der Waals surface area (Å²) in [5.74, 6) is -0.453. The first kappa shape index (κ1) is 15.5. The normalized spacial score (nSPS) is 14.9. The molecule has 0 aromatic heterocycles. The summed E-state index contributed by atoms with van der Waals surface area (Å²) >= 11 is 0. The molecule has 1 aliphatic heterocycles. The van der Waals surface area contributed by atoms with Crippen molar-refractivity contribution in [1.29, 1.82) is 0 Å². The molecule has 0 saturated carbocycles. The zero-order chi connectivity index (χ0) is 16.4. The molecule has 0 N–H and O–H groups in total. The lowest BCUT2D eigenvalue weighted by Gasteiger charge is -2.15. The van der Waals surface area contributed by atoms with E-state index in [-0.39, 0.29) is 22.0 Å². The topological polar surface area (TPSA) is 88.6 Å². The monoisotopic (exact) mass is 379 g/mol. The predicted molar refractivity (Wildman–Crippen MR) is 82.8 cm³/mol. The van der Waals surface area contributed by atoms with Gasteiger partial charge in [-0.3, -0.25) is 4.79 Å². The number of nitrogens with zero attached hydrogens (tertiary/aromatic N) is 1. The Kier molecular flexibility index (Phi) is 3.23. The van der Waals surface area contributed by atoms with Crippen molar-refractivity contribution < 1.29 is 21.6 Å². The maximum Gasteiger partial charge on any atom is 0.263 e. The average Bonchev–Trinajstić information content (AvgIpc) is 2.64. The van der Waals surface area contributed by atoms with E-state index < -0.39 is 33.8 Å². The Labute approximate surface area is 135 Å². The molecule has 116 valence electrons. The molecule has 1 amide bonds. The van der Waals surface area contributed by atoms with E-state index in [9.17, 15) is 21.6 Å². The highest BCUT2D eigenvalue weighted by molar-refractivity contribution is 8.14. The highest BCUT2D eigenvalue weighted by Crippen LogP contribution is 2.45. The highest BCUT2D eigenvalue weighted by atomic mass is 35.7. The molecule has 3 rings (SSSR count). The number of rotatable bonds is 2. The fraction of sp³-hybridized carbons (Fsp3) is 0.0833. The van der Waals surface area contributed by atoms with Gasteiger partial charge in [-0.05, 0) is 12.1 Å². The number of halogens is 2. The zero-order valence-electron chi connectivity index (χ0n) is 10.9. The standard InChI is InChI=1S/C12H7Cl2NO5S2/c1-15-11-9(22(14,19)20)5-8(21(13,17)18)6-3-2-4-7(10(6)11)12(15)16/h2-5H,1H3. The van der Waals surface area contributed by atoms with E-state index in [4.69, 9.17) is 21.4 Å². The number of anilines is 1. The molecule has 2 aromatic rings. The van der Waals surface area contributed by atoms with Gasteiger partial charge in [0.25, 0.3) is 24.0 Å². The Balaban J connectivity index is 2.67. The van der Waals surface area contributed by atoms with Crippen LogP contribution in [0.3, 0.4) is 0 Å². The molecule has 10 heteroatoms. The summed E-state index contributed by atoms with van der Waals surface area (Å²) in [6, 6.07) is 5.31. The van der Waals surface area contributed by atoms with Gasteiger partial charge in [-0.2, -0.15) is 0 Å². The van der Waals surface area contributed by atoms with Crippen molar-refractivity contribution >= 4 is 61.8 Å². The Morgan fingerprint density at radius 1 is 1.00 bits per heavy atom. The molecule has 0 fully saturated rings. The van der Waals surface area contributed by atoms with Gasteiger partial charge in [0.1, 0.15) is 4.90 Å². The molecule has 0 unspecified atom stereocenters. The van der Waals surface area contributed by atoms with Crippen molar-refractivity contribution in [3.05, 3.63) is 29.8 Å². The maximum atomic E-state index is 12.2. The molecule has 0 saturated heterocycles. The third-order valence-corrected chi connectivity index (χ3v) is 6.16. The summed E-state index contributed by atoms with van der Waals surface area (Å²) in [6.07, 6.45) is 0. The first-order valence-corrected chi connectivity index (χ1v) is 10.4. The summed E-state index contributed by atoms with van der Waals surface area (Å²) in [5.41, 5.74) is 0.244. The summed E-state index contributed by atoms with van der Waals surface area (Å²) in [4.78, 5) is 12.5. The van der Waals surface area contributed by atoms with Crippen molar-refractivity contribution in [2.75, 3.05) is 11.9 Å². The number of hydrogen-bond acceptors (Lipinski definition) is 5. The minimum atomic E-state index is -4.29. The molecule has 0 bridgehead atoms. The van der Waals surface area contributed by atoms with E-state index in [1.54, 1.807) is 0 Å². The lowest BCUT2D eigenvalue weighted by atomic mass is 10.1. The second kappa shape index (κ2) is 4.58. The fourth-order valence-electron chi connectivity index (χ4n) is 2.58. The number of amides is 1. The maximum absolute atomic E-state index is 12.2. The van der Waals surface area contributed by atoms with Crippen LogP contribution in [0.2, 0.25) is 0 Å². The smallest absolute Gasteiger partial charge is 0.263 e. The van der Waals surface area contributed by atoms with Crippen molar-refractivity contribution in [2.24, 2.45) is 0 Å². The lowest BCUT2D eigenvalue weighted by molar-refractivity contribution is 0.0998. The number of carbonyl (C=O) groups is 1. The van der Waals surface area contributed by atoms with E-state index in [0.29, 0.717) is 0 Å². The summed E-state index contributed by atoms with van der Waals surface area (Å²) in [5, 5.41) is 0.375. The number of carbonyl (C=O) groups excluding carboxylic acids is 1. The summed E-state index contributed by atoms with van der Waals surface area (Å²) < 4.78 is 47.1. The van der Waals surface area contributed by atoms with Crippen LogP contribution in [-0.4, -0.2) is 29.8 Å². The van der Waals surface area contributed by atoms with Gasteiger partial charge >= 0.3 is 0 Å². The molecule has 2 aromatic carbocycles. The highest BCUT2D eigenvalue weighted by Gasteiger charge is 2.35. The molecule has 0 aliphatic carbocycles. The van der Waals surface area contributed by atoms with Crippen LogP contribution in [0.1, 0.15) is 10.4 Å². The van der Waals surface area contributed by atoms with E-state index in [1.807, 2.05) is 0 Å². The van der Waals surface area contributed by atoms with Crippen LogP contribution >= 0.6 is 21.4 Å². The van der Waals surface area contributed by atoms with Crippen LogP contribution in [0.25, 0.3) is 10.8 Å². The second-order valence-electron chi connectivity index (χ2n) is 4.69. The lowest BCUT2D eigenvalue weighted by Crippen LogP contribution is -2.22. The molecule has 0 radical (unpaired) electrons. The number of hydrogen-bond donors (Lipinski definition) is 0. The van der Waals surface area contributed by atoms with Crippen LogP contribution in [0.15, 0.2) is 34.1 Å². The largest absolute Gasteiger partial charge is 0.309 e. The van der Waals surface area contributed by atoms with Crippen molar-refractivity contribution in [3.8, 4) is 0 Å². The van der Waals surface area contributed by atoms with Gasteiger partial charge in [0.15, 0.2) is 0 Å². The minimum Gasteiger partial charge on any atom is -0.309 e. The van der Waals surface area contributed by atoms with Crippen LogP contribution in [-0.2, 0) is 18.1 Å². The zero-order valence-corrected chi connectivity index (χ0v) is 14.0. The van der Waals surface area contributed by atoms with Crippen LogP contribution in [0.5, 0.6) is 0 Å². The predicted octanol–water partition coefficient (Wildman–Crippen LogP) is 2.28. The number of benzene rings is 2. The van der Waals surface area contributed by atoms with Crippen molar-refractivity contribution in [2.45, 2.75) is 9.79 Å². The van der Waals surface area contributed by atoms with Crippen LogP contribution < -0.4 is 4.90 Å². The fourth-order valence-corrected chi connectivity index (χ4v) is 4.81. The van der Waals surface area contributed by atoms with Crippen LogP contribution in [0, 0.1) is 0 Å². The summed E-state index contributed by atoms with van der Waals surface area (Å²) in [6.45, 7) is 0. The first-order valence-electron chi connectivity index (χ1n) is 5.80. The molecule has 6 nitrogen and oxygen atoms in total. The average molecular weight is 380 g/mol. The van der Waals surface area contributed by atoms with Crippen LogP contribution in [0.4, 0.5) is 5.69 Å². The SMILES string of the molecule is CN1C(=O)c2cccc3c(S(=O)(=O)Cl)cc(S(=O)(=O)Cl)c1c23. The molecular formula is C12H7Cl2NO5S2. The van der Waals surface area contributed by atoms with Gasteiger partial charge in [-0.15, -0.1) is 0 Å². The Morgan fingerprint density at radius 2 is 1.59 bits per heavy atom.